The molecule has 0 radical (unpaired) electrons. The molecule has 0 spiro atoms. The molecule has 1 aliphatic rings. The van der Waals surface area contributed by atoms with Gasteiger partial charge in [-0.15, -0.1) is 0 Å². The Morgan fingerprint density at radius 2 is 1.88 bits per heavy atom. The van der Waals surface area contributed by atoms with Crippen LogP contribution in [0.15, 0.2) is 34.9 Å². The number of furan rings is 1. The largest absolute Gasteiger partial charge is 0.469 e. The summed E-state index contributed by atoms with van der Waals surface area (Å²) in [6, 6.07) is 6.45. The van der Waals surface area contributed by atoms with E-state index in [-0.39, 0.29) is 16.8 Å². The molecule has 2 aromatic rings. The van der Waals surface area contributed by atoms with Crippen LogP contribution in [0.25, 0.3) is 0 Å². The lowest BCUT2D eigenvalue weighted by molar-refractivity contribution is -0.380. The van der Waals surface area contributed by atoms with E-state index in [1.807, 2.05) is 6.07 Å². The Labute approximate surface area is 147 Å². The molecular formula is C16H17N3O5S. The van der Waals surface area contributed by atoms with E-state index >= 15 is 0 Å². The van der Waals surface area contributed by atoms with Crippen molar-refractivity contribution in [2.45, 2.75) is 12.8 Å². The molecule has 2 aromatic heterocycles. The third-order valence-corrected chi connectivity index (χ3v) is 5.09. The molecule has 0 bridgehead atoms. The van der Waals surface area contributed by atoms with Crippen molar-refractivity contribution in [1.29, 1.82) is 0 Å². The molecule has 1 fully saturated rings. The number of nitrogens with zero attached hydrogens (tertiary/aromatic N) is 3. The third kappa shape index (κ3) is 4.05. The van der Waals surface area contributed by atoms with Gasteiger partial charge in [-0.1, -0.05) is 11.3 Å². The van der Waals surface area contributed by atoms with Crippen LogP contribution in [0.4, 0.5) is 5.00 Å². The van der Waals surface area contributed by atoms with E-state index < -0.39 is 4.92 Å². The number of nitro groups is 1. The van der Waals surface area contributed by atoms with E-state index in [1.54, 1.807) is 22.1 Å². The number of carbonyl (C=O) groups excluding carboxylic acids is 2. The number of piperazine rings is 1. The number of hydrogen-bond acceptors (Lipinski definition) is 6. The predicted molar refractivity (Wildman–Crippen MR) is 90.5 cm³/mol. The van der Waals surface area contributed by atoms with Gasteiger partial charge in [-0.2, -0.15) is 0 Å². The fourth-order valence-corrected chi connectivity index (χ4v) is 3.49. The van der Waals surface area contributed by atoms with Crippen LogP contribution >= 0.6 is 11.3 Å². The summed E-state index contributed by atoms with van der Waals surface area (Å²) in [5, 5.41) is 10.7. The van der Waals surface area contributed by atoms with Gasteiger partial charge < -0.3 is 14.2 Å². The van der Waals surface area contributed by atoms with E-state index in [1.165, 1.54) is 12.1 Å². The van der Waals surface area contributed by atoms with E-state index in [0.717, 1.165) is 17.1 Å². The lowest BCUT2D eigenvalue weighted by Crippen LogP contribution is -2.50. The van der Waals surface area contributed by atoms with Crippen molar-refractivity contribution in [3.05, 3.63) is 51.3 Å². The summed E-state index contributed by atoms with van der Waals surface area (Å²) >= 11 is 0.875. The highest BCUT2D eigenvalue weighted by molar-refractivity contribution is 7.17. The Bertz CT molecular complexity index is 763. The van der Waals surface area contributed by atoms with Crippen LogP contribution in [-0.4, -0.2) is 52.7 Å². The first-order chi connectivity index (χ1) is 12.0. The number of thiophene rings is 1. The Morgan fingerprint density at radius 3 is 2.48 bits per heavy atom. The van der Waals surface area contributed by atoms with E-state index in [2.05, 4.69) is 0 Å². The first kappa shape index (κ1) is 17.2. The van der Waals surface area contributed by atoms with Crippen LogP contribution in [0, 0.1) is 10.1 Å². The molecule has 0 atom stereocenters. The molecule has 0 N–H and O–H groups in total. The maximum atomic E-state index is 12.4. The highest BCUT2D eigenvalue weighted by atomic mass is 32.1. The van der Waals surface area contributed by atoms with Crippen LogP contribution in [0.3, 0.4) is 0 Å². The highest BCUT2D eigenvalue weighted by Gasteiger charge is 2.26. The van der Waals surface area contributed by atoms with Gasteiger partial charge in [0.1, 0.15) is 5.76 Å². The zero-order valence-electron chi connectivity index (χ0n) is 13.4. The van der Waals surface area contributed by atoms with Crippen LogP contribution in [0.2, 0.25) is 0 Å². The first-order valence-corrected chi connectivity index (χ1v) is 8.70. The second-order valence-corrected chi connectivity index (χ2v) is 6.71. The zero-order chi connectivity index (χ0) is 17.8. The Morgan fingerprint density at radius 1 is 1.16 bits per heavy atom. The van der Waals surface area contributed by atoms with Crippen molar-refractivity contribution < 1.29 is 18.9 Å². The van der Waals surface area contributed by atoms with E-state index in [9.17, 15) is 19.7 Å². The van der Waals surface area contributed by atoms with Crippen molar-refractivity contribution in [2.24, 2.45) is 0 Å². The van der Waals surface area contributed by atoms with Gasteiger partial charge in [0, 0.05) is 45.1 Å². The van der Waals surface area contributed by atoms with Crippen LogP contribution < -0.4 is 0 Å². The summed E-state index contributed by atoms with van der Waals surface area (Å²) in [6.45, 7) is 1.79. The molecule has 3 rings (SSSR count). The van der Waals surface area contributed by atoms with Crippen LogP contribution in [0.1, 0.15) is 21.9 Å². The van der Waals surface area contributed by atoms with Crippen molar-refractivity contribution >= 4 is 28.2 Å². The quantitative estimate of drug-likeness (QED) is 0.599. The smallest absolute Gasteiger partial charge is 0.324 e. The van der Waals surface area contributed by atoms with Crippen LogP contribution in [0.5, 0.6) is 0 Å². The average molecular weight is 363 g/mol. The van der Waals surface area contributed by atoms with Crippen molar-refractivity contribution in [1.82, 2.24) is 9.80 Å². The van der Waals surface area contributed by atoms with Gasteiger partial charge in [0.15, 0.2) is 0 Å². The molecule has 1 aliphatic heterocycles. The fraction of sp³-hybridized carbons (Fsp3) is 0.375. The maximum Gasteiger partial charge on any atom is 0.324 e. The number of rotatable bonds is 5. The number of aryl methyl sites for hydroxylation is 1. The van der Waals surface area contributed by atoms with Gasteiger partial charge in [0.05, 0.1) is 16.1 Å². The topological polar surface area (TPSA) is 96.9 Å². The molecule has 132 valence electrons. The van der Waals surface area contributed by atoms with Gasteiger partial charge in [-0.05, 0) is 18.2 Å². The number of amides is 2. The second kappa shape index (κ2) is 7.47. The van der Waals surface area contributed by atoms with Gasteiger partial charge in [-0.25, -0.2) is 0 Å². The average Bonchev–Trinajstić information content (AvgIpc) is 3.30. The van der Waals surface area contributed by atoms with Gasteiger partial charge in [0.2, 0.25) is 5.91 Å². The predicted octanol–water partition coefficient (Wildman–Crippen LogP) is 2.17. The molecule has 0 unspecified atom stereocenters. The van der Waals surface area contributed by atoms with Gasteiger partial charge >= 0.3 is 5.00 Å². The third-order valence-electron chi connectivity index (χ3n) is 4.07. The van der Waals surface area contributed by atoms with Crippen molar-refractivity contribution in [3.8, 4) is 0 Å². The molecule has 3 heterocycles. The normalized spacial score (nSPS) is 14.6. The monoisotopic (exact) mass is 363 g/mol. The minimum Gasteiger partial charge on any atom is -0.469 e. The maximum absolute atomic E-state index is 12.4. The Hall–Kier alpha value is -2.68. The summed E-state index contributed by atoms with van der Waals surface area (Å²) in [6.07, 6.45) is 2.52. The minimum atomic E-state index is -0.503. The summed E-state index contributed by atoms with van der Waals surface area (Å²) in [4.78, 5) is 38.6. The molecule has 0 aliphatic carbocycles. The molecule has 2 amide bonds. The zero-order valence-corrected chi connectivity index (χ0v) is 14.2. The summed E-state index contributed by atoms with van der Waals surface area (Å²) < 4.78 is 5.22. The Kier molecular flexibility index (Phi) is 5.13. The summed E-state index contributed by atoms with van der Waals surface area (Å²) in [5.74, 6) is 0.595. The highest BCUT2D eigenvalue weighted by Crippen LogP contribution is 2.25. The Balaban J connectivity index is 1.49. The number of carbonyl (C=O) groups is 2. The molecule has 9 heteroatoms. The molecule has 8 nitrogen and oxygen atoms in total. The van der Waals surface area contributed by atoms with Crippen molar-refractivity contribution in [2.75, 3.05) is 26.2 Å². The van der Waals surface area contributed by atoms with Gasteiger partial charge in [0.25, 0.3) is 5.91 Å². The molecule has 0 saturated carbocycles. The lowest BCUT2D eigenvalue weighted by Gasteiger charge is -2.34. The standard InChI is InChI=1S/C16H17N3O5S/c20-14(5-3-12-2-1-11-24-12)17-7-9-18(10-8-17)16(21)13-4-6-15(25-13)19(22)23/h1-2,4,6,11H,3,5,7-10H2. The molecular weight excluding hydrogens is 346 g/mol. The van der Waals surface area contributed by atoms with Gasteiger partial charge in [-0.3, -0.25) is 19.7 Å². The van der Waals surface area contributed by atoms with E-state index in [0.29, 0.717) is 43.9 Å². The molecule has 0 aromatic carbocycles. The SMILES string of the molecule is O=C(CCc1ccco1)N1CCN(C(=O)c2ccc([N+](=O)[O-])s2)CC1. The van der Waals surface area contributed by atoms with Crippen molar-refractivity contribution in [3.63, 3.8) is 0 Å². The second-order valence-electron chi connectivity index (χ2n) is 5.65. The fourth-order valence-electron chi connectivity index (χ4n) is 2.70. The minimum absolute atomic E-state index is 0.0373. The lowest BCUT2D eigenvalue weighted by atomic mass is 10.2. The first-order valence-electron chi connectivity index (χ1n) is 7.88. The van der Waals surface area contributed by atoms with Crippen LogP contribution in [-0.2, 0) is 11.2 Å². The number of hydrogen-bond donors (Lipinski definition) is 0. The molecule has 25 heavy (non-hydrogen) atoms. The molecule has 1 saturated heterocycles. The summed E-state index contributed by atoms with van der Waals surface area (Å²) in [5.41, 5.74) is 0. The van der Waals surface area contributed by atoms with E-state index in [4.69, 9.17) is 4.42 Å². The summed E-state index contributed by atoms with van der Waals surface area (Å²) in [7, 11) is 0.